The lowest BCUT2D eigenvalue weighted by Crippen LogP contribution is -2.36. The average Bonchev–Trinajstić information content (AvgIpc) is 2.81. The smallest absolute Gasteiger partial charge is 0.0581 e. The fourth-order valence-electron chi connectivity index (χ4n) is 2.68. The lowest BCUT2D eigenvalue weighted by atomic mass is 9.77. The molecule has 2 nitrogen and oxygen atoms in total. The van der Waals surface area contributed by atoms with Crippen LogP contribution in [-0.2, 0) is 4.74 Å². The van der Waals surface area contributed by atoms with E-state index in [1.807, 2.05) is 0 Å². The van der Waals surface area contributed by atoms with E-state index in [2.05, 4.69) is 26.1 Å². The summed E-state index contributed by atoms with van der Waals surface area (Å²) < 4.78 is 5.79. The van der Waals surface area contributed by atoms with Gasteiger partial charge in [0.05, 0.1) is 6.10 Å². The van der Waals surface area contributed by atoms with Gasteiger partial charge >= 0.3 is 0 Å². The van der Waals surface area contributed by atoms with Crippen LogP contribution in [0.3, 0.4) is 0 Å². The lowest BCUT2D eigenvalue weighted by Gasteiger charge is -2.34. The molecule has 0 radical (unpaired) electrons. The first kappa shape index (κ1) is 14.0. The van der Waals surface area contributed by atoms with E-state index in [4.69, 9.17) is 4.74 Å². The van der Waals surface area contributed by atoms with Crippen molar-refractivity contribution in [1.29, 1.82) is 0 Å². The molecule has 1 N–H and O–H groups in total. The van der Waals surface area contributed by atoms with Crippen molar-refractivity contribution >= 4 is 0 Å². The first-order chi connectivity index (χ1) is 7.76. The Kier molecular flexibility index (Phi) is 6.37. The van der Waals surface area contributed by atoms with E-state index in [1.54, 1.807) is 0 Å². The zero-order valence-electron chi connectivity index (χ0n) is 11.3. The molecule has 2 heteroatoms. The fourth-order valence-corrected chi connectivity index (χ4v) is 2.68. The summed E-state index contributed by atoms with van der Waals surface area (Å²) in [5, 5.41) is 3.60. The number of hydrogen-bond donors (Lipinski definition) is 1. The highest BCUT2D eigenvalue weighted by Crippen LogP contribution is 2.34. The Morgan fingerprint density at radius 2 is 2.00 bits per heavy atom. The second-order valence-electron chi connectivity index (χ2n) is 5.22. The van der Waals surface area contributed by atoms with Crippen LogP contribution in [0.2, 0.25) is 0 Å². The Hall–Kier alpha value is -0.0800. The molecule has 0 aromatic rings. The summed E-state index contributed by atoms with van der Waals surface area (Å²) in [6, 6.07) is 0. The SMILES string of the molecule is CCCNCC(CC)(CC)CC1CCCO1. The third-order valence-corrected chi connectivity index (χ3v) is 4.11. The van der Waals surface area contributed by atoms with E-state index in [1.165, 1.54) is 38.5 Å². The summed E-state index contributed by atoms with van der Waals surface area (Å²) in [5.41, 5.74) is 0.462. The molecule has 1 unspecified atom stereocenters. The first-order valence-corrected chi connectivity index (χ1v) is 7.08. The highest BCUT2D eigenvalue weighted by Gasteiger charge is 2.31. The van der Waals surface area contributed by atoms with Gasteiger partial charge in [-0.3, -0.25) is 0 Å². The van der Waals surface area contributed by atoms with Gasteiger partial charge < -0.3 is 10.1 Å². The third kappa shape index (κ3) is 4.06. The average molecular weight is 227 g/mol. The number of hydrogen-bond acceptors (Lipinski definition) is 2. The number of rotatable bonds is 8. The summed E-state index contributed by atoms with van der Waals surface area (Å²) in [4.78, 5) is 0. The van der Waals surface area contributed by atoms with Gasteiger partial charge in [-0.25, -0.2) is 0 Å². The van der Waals surface area contributed by atoms with Crippen LogP contribution in [0.15, 0.2) is 0 Å². The van der Waals surface area contributed by atoms with Crippen molar-refractivity contribution in [2.24, 2.45) is 5.41 Å². The van der Waals surface area contributed by atoms with Crippen LogP contribution in [0.25, 0.3) is 0 Å². The number of nitrogens with one attached hydrogen (secondary N) is 1. The van der Waals surface area contributed by atoms with Crippen LogP contribution in [0.4, 0.5) is 0 Å². The van der Waals surface area contributed by atoms with E-state index in [-0.39, 0.29) is 0 Å². The third-order valence-electron chi connectivity index (χ3n) is 4.11. The van der Waals surface area contributed by atoms with Gasteiger partial charge in [-0.05, 0) is 50.5 Å². The minimum Gasteiger partial charge on any atom is -0.378 e. The minimum atomic E-state index is 0.462. The minimum absolute atomic E-state index is 0.462. The second-order valence-corrected chi connectivity index (χ2v) is 5.22. The standard InChI is InChI=1S/C14H29NO/c1-4-9-15-12-14(5-2,6-3)11-13-8-7-10-16-13/h13,15H,4-12H2,1-3H3. The fraction of sp³-hybridized carbons (Fsp3) is 1.00. The molecule has 1 rings (SSSR count). The Morgan fingerprint density at radius 1 is 1.25 bits per heavy atom. The number of ether oxygens (including phenoxy) is 1. The maximum absolute atomic E-state index is 5.79. The molecular weight excluding hydrogens is 198 g/mol. The predicted octanol–water partition coefficient (Wildman–Crippen LogP) is 3.36. The van der Waals surface area contributed by atoms with Crippen molar-refractivity contribution in [2.45, 2.75) is 65.4 Å². The van der Waals surface area contributed by atoms with Crippen molar-refractivity contribution in [3.8, 4) is 0 Å². The zero-order valence-corrected chi connectivity index (χ0v) is 11.3. The Labute approximate surface area is 101 Å². The van der Waals surface area contributed by atoms with Gasteiger partial charge in [0.15, 0.2) is 0 Å². The monoisotopic (exact) mass is 227 g/mol. The van der Waals surface area contributed by atoms with Crippen LogP contribution < -0.4 is 5.32 Å². The summed E-state index contributed by atoms with van der Waals surface area (Å²) in [6.45, 7) is 10.2. The van der Waals surface area contributed by atoms with Gasteiger partial charge in [0.2, 0.25) is 0 Å². The molecule has 0 amide bonds. The van der Waals surface area contributed by atoms with E-state index in [0.717, 1.165) is 19.7 Å². The lowest BCUT2D eigenvalue weighted by molar-refractivity contribution is 0.0561. The summed E-state index contributed by atoms with van der Waals surface area (Å²) >= 11 is 0. The Bertz CT molecular complexity index is 172. The maximum atomic E-state index is 5.79. The van der Waals surface area contributed by atoms with E-state index >= 15 is 0 Å². The molecule has 0 bridgehead atoms. The molecule has 0 aromatic carbocycles. The summed E-state index contributed by atoms with van der Waals surface area (Å²) in [5.74, 6) is 0. The van der Waals surface area contributed by atoms with Gasteiger partial charge in [0, 0.05) is 13.2 Å². The van der Waals surface area contributed by atoms with Gasteiger partial charge in [0.1, 0.15) is 0 Å². The molecule has 1 heterocycles. The molecule has 1 aliphatic heterocycles. The molecule has 1 atom stereocenters. The van der Waals surface area contributed by atoms with E-state index in [0.29, 0.717) is 11.5 Å². The van der Waals surface area contributed by atoms with Gasteiger partial charge in [-0.1, -0.05) is 20.8 Å². The van der Waals surface area contributed by atoms with Crippen molar-refractivity contribution in [2.75, 3.05) is 19.7 Å². The second kappa shape index (κ2) is 7.29. The van der Waals surface area contributed by atoms with Crippen molar-refractivity contribution in [1.82, 2.24) is 5.32 Å². The molecule has 96 valence electrons. The van der Waals surface area contributed by atoms with Gasteiger partial charge in [-0.2, -0.15) is 0 Å². The van der Waals surface area contributed by atoms with Gasteiger partial charge in [-0.15, -0.1) is 0 Å². The van der Waals surface area contributed by atoms with Crippen LogP contribution >= 0.6 is 0 Å². The molecule has 16 heavy (non-hydrogen) atoms. The first-order valence-electron chi connectivity index (χ1n) is 7.08. The molecule has 0 spiro atoms. The predicted molar refractivity (Wildman–Crippen MR) is 69.8 cm³/mol. The Morgan fingerprint density at radius 3 is 2.50 bits per heavy atom. The summed E-state index contributed by atoms with van der Waals surface area (Å²) in [6.07, 6.45) is 8.06. The van der Waals surface area contributed by atoms with Crippen LogP contribution in [0.5, 0.6) is 0 Å². The van der Waals surface area contributed by atoms with Crippen LogP contribution in [0, 0.1) is 5.41 Å². The molecule has 0 aliphatic carbocycles. The van der Waals surface area contributed by atoms with E-state index in [9.17, 15) is 0 Å². The molecule has 0 saturated carbocycles. The van der Waals surface area contributed by atoms with Crippen molar-refractivity contribution in [3.63, 3.8) is 0 Å². The quantitative estimate of drug-likeness (QED) is 0.642. The topological polar surface area (TPSA) is 21.3 Å². The van der Waals surface area contributed by atoms with Gasteiger partial charge in [0.25, 0.3) is 0 Å². The summed E-state index contributed by atoms with van der Waals surface area (Å²) in [7, 11) is 0. The highest BCUT2D eigenvalue weighted by atomic mass is 16.5. The molecule has 1 fully saturated rings. The van der Waals surface area contributed by atoms with Crippen LogP contribution in [-0.4, -0.2) is 25.8 Å². The zero-order chi connectivity index (χ0) is 11.9. The highest BCUT2D eigenvalue weighted by molar-refractivity contribution is 4.84. The molecule has 1 saturated heterocycles. The van der Waals surface area contributed by atoms with Crippen molar-refractivity contribution < 1.29 is 4.74 Å². The molecule has 0 aromatic heterocycles. The molecular formula is C14H29NO. The largest absolute Gasteiger partial charge is 0.378 e. The van der Waals surface area contributed by atoms with Crippen LogP contribution in [0.1, 0.15) is 59.3 Å². The maximum Gasteiger partial charge on any atom is 0.0581 e. The Balaban J connectivity index is 2.41. The molecule has 1 aliphatic rings. The van der Waals surface area contributed by atoms with Crippen molar-refractivity contribution in [3.05, 3.63) is 0 Å². The van der Waals surface area contributed by atoms with E-state index < -0.39 is 0 Å². The normalized spacial score (nSPS) is 21.6.